The van der Waals surface area contributed by atoms with E-state index < -0.39 is 78.9 Å². The molecule has 0 aliphatic heterocycles. The minimum atomic E-state index is -5.49. The van der Waals surface area contributed by atoms with Crippen LogP contribution in [-0.2, 0) is 5.41 Å². The minimum absolute atomic E-state index is 0.440. The van der Waals surface area contributed by atoms with Gasteiger partial charge in [-0.25, -0.2) is 18.5 Å². The van der Waals surface area contributed by atoms with Gasteiger partial charge in [-0.3, -0.25) is 0 Å². The Balaban J connectivity index is 2.34. The Morgan fingerprint density at radius 2 is 1.71 bits per heavy atom. The van der Waals surface area contributed by atoms with Gasteiger partial charge in [-0.1, -0.05) is 23.2 Å². The van der Waals surface area contributed by atoms with E-state index in [9.17, 15) is 40.4 Å². The third-order valence-corrected chi connectivity index (χ3v) is 5.99. The van der Waals surface area contributed by atoms with Crippen molar-refractivity contribution >= 4 is 47.1 Å². The Kier molecular flexibility index (Phi) is 6.56. The third kappa shape index (κ3) is 4.52. The standard InChI is InChI=1S/C18H11Cl2F8N5S/c1-32(2)7-30-14-12(15(17(23,24)25)6-16(15,21)22)11(5-29)31-33(14)13-9(19)3-8(4-10(13)20)34-18(26,27)28/h3-4,7H,6H2,1-2H3/b30-7-. The molecule has 0 amide bonds. The van der Waals surface area contributed by atoms with Crippen molar-refractivity contribution in [2.45, 2.75) is 34.3 Å². The van der Waals surface area contributed by atoms with Crippen molar-refractivity contribution in [1.82, 2.24) is 14.7 Å². The van der Waals surface area contributed by atoms with Gasteiger partial charge in [0.25, 0.3) is 5.92 Å². The Morgan fingerprint density at radius 1 is 1.18 bits per heavy atom. The van der Waals surface area contributed by atoms with Gasteiger partial charge < -0.3 is 4.90 Å². The Labute approximate surface area is 200 Å². The highest BCUT2D eigenvalue weighted by atomic mass is 35.5. The highest BCUT2D eigenvalue weighted by molar-refractivity contribution is 8.00. The normalized spacial score (nSPS) is 20.0. The van der Waals surface area contributed by atoms with Crippen LogP contribution in [0.2, 0.25) is 10.0 Å². The summed E-state index contributed by atoms with van der Waals surface area (Å²) in [6.45, 7) is 0. The predicted molar refractivity (Wildman–Crippen MR) is 109 cm³/mol. The van der Waals surface area contributed by atoms with E-state index in [0.29, 0.717) is 4.68 Å². The quantitative estimate of drug-likeness (QED) is 0.179. The first-order chi connectivity index (χ1) is 15.4. The number of nitrogens with zero attached hydrogens (tertiary/aromatic N) is 5. The molecule has 0 radical (unpaired) electrons. The Hall–Kier alpha value is -2.24. The largest absolute Gasteiger partial charge is 0.446 e. The van der Waals surface area contributed by atoms with Crippen molar-refractivity contribution in [3.05, 3.63) is 33.4 Å². The molecule has 0 N–H and O–H groups in total. The molecule has 1 aliphatic rings. The van der Waals surface area contributed by atoms with Crippen LogP contribution in [0.25, 0.3) is 5.69 Å². The maximum Gasteiger partial charge on any atom is 0.446 e. The second-order valence-electron chi connectivity index (χ2n) is 7.35. The molecule has 34 heavy (non-hydrogen) atoms. The van der Waals surface area contributed by atoms with Crippen molar-refractivity contribution < 1.29 is 35.1 Å². The fraction of sp³-hybridized carbons (Fsp3) is 0.389. The van der Waals surface area contributed by atoms with Gasteiger partial charge >= 0.3 is 11.7 Å². The maximum atomic E-state index is 14.2. The van der Waals surface area contributed by atoms with Gasteiger partial charge in [0.05, 0.1) is 21.9 Å². The molecule has 1 aromatic carbocycles. The lowest BCUT2D eigenvalue weighted by Gasteiger charge is -2.20. The molecule has 1 heterocycles. The first-order valence-corrected chi connectivity index (χ1v) is 10.5. The zero-order valence-electron chi connectivity index (χ0n) is 16.9. The summed E-state index contributed by atoms with van der Waals surface area (Å²) >= 11 is 11.6. The van der Waals surface area contributed by atoms with E-state index in [1.807, 2.05) is 0 Å². The molecule has 2 aromatic rings. The summed E-state index contributed by atoms with van der Waals surface area (Å²) in [5.74, 6) is -5.08. The molecule has 1 aliphatic carbocycles. The summed E-state index contributed by atoms with van der Waals surface area (Å²) in [4.78, 5) is 4.64. The van der Waals surface area contributed by atoms with Crippen molar-refractivity contribution in [3.63, 3.8) is 0 Å². The number of hydrogen-bond donors (Lipinski definition) is 0. The molecule has 1 fully saturated rings. The average molecular weight is 552 g/mol. The minimum Gasteiger partial charge on any atom is -0.369 e. The fourth-order valence-corrected chi connectivity index (χ4v) is 4.67. The molecular weight excluding hydrogens is 541 g/mol. The lowest BCUT2D eigenvalue weighted by molar-refractivity contribution is -0.182. The lowest BCUT2D eigenvalue weighted by atomic mass is 9.94. The highest BCUT2D eigenvalue weighted by Gasteiger charge is 2.86. The number of rotatable bonds is 5. The van der Waals surface area contributed by atoms with Crippen LogP contribution in [0.3, 0.4) is 0 Å². The van der Waals surface area contributed by atoms with Gasteiger partial charge in [0, 0.05) is 25.4 Å². The van der Waals surface area contributed by atoms with Crippen molar-refractivity contribution in [1.29, 1.82) is 5.26 Å². The number of aliphatic imine (C=N–C) groups is 1. The molecule has 1 aromatic heterocycles. The molecule has 1 unspecified atom stereocenters. The zero-order chi connectivity index (χ0) is 25.9. The van der Waals surface area contributed by atoms with Crippen molar-refractivity contribution in [2.24, 2.45) is 4.99 Å². The molecule has 0 bridgehead atoms. The fourth-order valence-electron chi connectivity index (χ4n) is 3.27. The van der Waals surface area contributed by atoms with Gasteiger partial charge in [0.1, 0.15) is 11.8 Å². The molecule has 16 heteroatoms. The van der Waals surface area contributed by atoms with E-state index in [1.54, 1.807) is 0 Å². The number of thioether (sulfide) groups is 1. The summed E-state index contributed by atoms with van der Waals surface area (Å²) in [5.41, 5.74) is -11.1. The maximum absolute atomic E-state index is 14.2. The van der Waals surface area contributed by atoms with Gasteiger partial charge in [0.15, 0.2) is 16.9 Å². The molecule has 0 spiro atoms. The first kappa shape index (κ1) is 26.4. The van der Waals surface area contributed by atoms with Crippen LogP contribution in [0.1, 0.15) is 17.7 Å². The van der Waals surface area contributed by atoms with Gasteiger partial charge in [-0.15, -0.1) is 0 Å². The molecule has 0 saturated heterocycles. The molecule has 1 atom stereocenters. The van der Waals surface area contributed by atoms with Crippen LogP contribution in [0.15, 0.2) is 22.0 Å². The Bertz CT molecular complexity index is 1180. The predicted octanol–water partition coefficient (Wildman–Crippen LogP) is 6.72. The topological polar surface area (TPSA) is 57.2 Å². The number of hydrogen-bond acceptors (Lipinski definition) is 4. The van der Waals surface area contributed by atoms with Crippen LogP contribution >= 0.6 is 35.0 Å². The smallest absolute Gasteiger partial charge is 0.369 e. The molecule has 3 rings (SSSR count). The second kappa shape index (κ2) is 8.46. The van der Waals surface area contributed by atoms with Gasteiger partial charge in [-0.05, 0) is 23.9 Å². The van der Waals surface area contributed by atoms with Crippen molar-refractivity contribution in [2.75, 3.05) is 14.1 Å². The summed E-state index contributed by atoms with van der Waals surface area (Å²) in [7, 11) is 2.87. The van der Waals surface area contributed by atoms with Crippen LogP contribution < -0.4 is 0 Å². The van der Waals surface area contributed by atoms with E-state index in [2.05, 4.69) is 10.1 Å². The zero-order valence-corrected chi connectivity index (χ0v) is 19.2. The first-order valence-electron chi connectivity index (χ1n) is 8.89. The third-order valence-electron chi connectivity index (χ3n) is 4.71. The van der Waals surface area contributed by atoms with E-state index >= 15 is 0 Å². The van der Waals surface area contributed by atoms with Crippen molar-refractivity contribution in [3.8, 4) is 11.8 Å². The summed E-state index contributed by atoms with van der Waals surface area (Å²) in [5, 5.41) is 12.1. The van der Waals surface area contributed by atoms with Crippen LogP contribution in [0, 0.1) is 11.3 Å². The second-order valence-corrected chi connectivity index (χ2v) is 9.30. The number of nitriles is 1. The monoisotopic (exact) mass is 551 g/mol. The van der Waals surface area contributed by atoms with Gasteiger partial charge in [-0.2, -0.15) is 36.7 Å². The van der Waals surface area contributed by atoms with Crippen LogP contribution in [0.5, 0.6) is 0 Å². The average Bonchev–Trinajstić information content (AvgIpc) is 3.07. The summed E-state index contributed by atoms with van der Waals surface area (Å²) in [6, 6.07) is 3.00. The van der Waals surface area contributed by atoms with E-state index in [0.717, 1.165) is 18.5 Å². The summed E-state index contributed by atoms with van der Waals surface area (Å²) in [6.07, 6.45) is -6.16. The van der Waals surface area contributed by atoms with Crippen LogP contribution in [-0.4, -0.2) is 52.7 Å². The van der Waals surface area contributed by atoms with E-state index in [1.165, 1.54) is 25.1 Å². The van der Waals surface area contributed by atoms with E-state index in [-0.39, 0.29) is 0 Å². The molecular formula is C18H11Cl2F8N5S. The van der Waals surface area contributed by atoms with Crippen LogP contribution in [0.4, 0.5) is 40.9 Å². The number of aromatic nitrogens is 2. The van der Waals surface area contributed by atoms with E-state index in [4.69, 9.17) is 23.2 Å². The molecule has 5 nitrogen and oxygen atoms in total. The number of benzene rings is 1. The number of alkyl halides is 8. The SMILES string of the molecule is CN(C)/C=N\c1c(C2(C(F)(F)F)CC2(F)F)c(C#N)nn1-c1c(Cl)cc(SC(F)(F)F)cc1Cl. The molecule has 184 valence electrons. The lowest BCUT2D eigenvalue weighted by Crippen LogP contribution is -2.35. The summed E-state index contributed by atoms with van der Waals surface area (Å²) < 4.78 is 109. The number of halogens is 10. The highest BCUT2D eigenvalue weighted by Crippen LogP contribution is 2.71. The Morgan fingerprint density at radius 3 is 2.09 bits per heavy atom. The van der Waals surface area contributed by atoms with Gasteiger partial charge in [0.2, 0.25) is 0 Å². The molecule has 1 saturated carbocycles.